The predicted molar refractivity (Wildman–Crippen MR) is 78.7 cm³/mol. The second-order valence-electron chi connectivity index (χ2n) is 6.34. The molecule has 2 rings (SSSR count). The van der Waals surface area contributed by atoms with Crippen molar-refractivity contribution in [1.29, 1.82) is 0 Å². The number of amides is 1. The molecule has 5 nitrogen and oxygen atoms in total. The van der Waals surface area contributed by atoms with Gasteiger partial charge in [-0.15, -0.1) is 0 Å². The van der Waals surface area contributed by atoms with Crippen LogP contribution < -0.4 is 5.73 Å². The Morgan fingerprint density at radius 3 is 2.75 bits per heavy atom. The van der Waals surface area contributed by atoms with Gasteiger partial charge in [0.2, 0.25) is 0 Å². The van der Waals surface area contributed by atoms with Gasteiger partial charge in [-0.2, -0.15) is 0 Å². The van der Waals surface area contributed by atoms with E-state index in [1.807, 2.05) is 17.9 Å². The number of rotatable bonds is 1. The Labute approximate surface area is 120 Å². The Morgan fingerprint density at radius 2 is 2.15 bits per heavy atom. The second-order valence-corrected chi connectivity index (χ2v) is 6.34. The van der Waals surface area contributed by atoms with Gasteiger partial charge in [0.1, 0.15) is 5.82 Å². The molecule has 5 heteroatoms. The SMILES string of the molecule is CC1COCCN1C(=O)c1cc(N)nc(C(C)(C)C)c1. The summed E-state index contributed by atoms with van der Waals surface area (Å²) in [5.74, 6) is 0.391. The first-order valence-electron chi connectivity index (χ1n) is 6.96. The summed E-state index contributed by atoms with van der Waals surface area (Å²) in [7, 11) is 0. The summed E-state index contributed by atoms with van der Waals surface area (Å²) < 4.78 is 5.37. The van der Waals surface area contributed by atoms with E-state index in [2.05, 4.69) is 25.8 Å². The normalized spacial score (nSPS) is 20.0. The van der Waals surface area contributed by atoms with Gasteiger partial charge in [0, 0.05) is 23.2 Å². The Bertz CT molecular complexity index is 508. The van der Waals surface area contributed by atoms with Gasteiger partial charge in [0.15, 0.2) is 0 Å². The van der Waals surface area contributed by atoms with Crippen LogP contribution in [0.15, 0.2) is 12.1 Å². The number of carbonyl (C=O) groups excluding carboxylic acids is 1. The lowest BCUT2D eigenvalue weighted by atomic mass is 9.90. The van der Waals surface area contributed by atoms with Gasteiger partial charge in [0.05, 0.1) is 19.3 Å². The van der Waals surface area contributed by atoms with Crippen molar-refractivity contribution in [2.75, 3.05) is 25.5 Å². The molecule has 1 saturated heterocycles. The van der Waals surface area contributed by atoms with Crippen molar-refractivity contribution in [3.63, 3.8) is 0 Å². The molecular weight excluding hydrogens is 254 g/mol. The van der Waals surface area contributed by atoms with Crippen LogP contribution in [-0.4, -0.2) is 41.6 Å². The Balaban J connectivity index is 2.32. The van der Waals surface area contributed by atoms with Crippen LogP contribution in [0.4, 0.5) is 5.82 Å². The third-order valence-corrected chi connectivity index (χ3v) is 3.49. The highest BCUT2D eigenvalue weighted by Crippen LogP contribution is 2.23. The maximum Gasteiger partial charge on any atom is 0.254 e. The maximum absolute atomic E-state index is 12.6. The standard InChI is InChI=1S/C15H23N3O2/c1-10-9-20-6-5-18(10)14(19)11-7-12(15(2,3)4)17-13(16)8-11/h7-8,10H,5-6,9H2,1-4H3,(H2,16,17). The van der Waals surface area contributed by atoms with Crippen molar-refractivity contribution in [3.8, 4) is 0 Å². The average Bonchev–Trinajstić information content (AvgIpc) is 2.37. The average molecular weight is 277 g/mol. The zero-order valence-corrected chi connectivity index (χ0v) is 12.6. The van der Waals surface area contributed by atoms with Crippen molar-refractivity contribution in [2.45, 2.75) is 39.2 Å². The van der Waals surface area contributed by atoms with Crippen LogP contribution in [0.2, 0.25) is 0 Å². The number of hydrogen-bond acceptors (Lipinski definition) is 4. The molecular formula is C15H23N3O2. The zero-order chi connectivity index (χ0) is 14.9. The van der Waals surface area contributed by atoms with Crippen LogP contribution >= 0.6 is 0 Å². The topological polar surface area (TPSA) is 68.5 Å². The van der Waals surface area contributed by atoms with Crippen LogP contribution in [-0.2, 0) is 10.2 Å². The molecule has 110 valence electrons. The number of carbonyl (C=O) groups is 1. The molecule has 2 N–H and O–H groups in total. The Kier molecular flexibility index (Phi) is 3.99. The monoisotopic (exact) mass is 277 g/mol. The first-order chi connectivity index (χ1) is 9.29. The fraction of sp³-hybridized carbons (Fsp3) is 0.600. The maximum atomic E-state index is 12.6. The minimum absolute atomic E-state index is 0.000370. The highest BCUT2D eigenvalue weighted by atomic mass is 16.5. The molecule has 0 aromatic carbocycles. The Hall–Kier alpha value is -1.62. The van der Waals surface area contributed by atoms with E-state index in [-0.39, 0.29) is 17.4 Å². The fourth-order valence-electron chi connectivity index (χ4n) is 2.25. The molecule has 1 atom stereocenters. The quantitative estimate of drug-likeness (QED) is 0.850. The fourth-order valence-corrected chi connectivity index (χ4v) is 2.25. The van der Waals surface area contributed by atoms with Crippen LogP contribution in [0, 0.1) is 0 Å². The van der Waals surface area contributed by atoms with Gasteiger partial charge < -0.3 is 15.4 Å². The molecule has 1 unspecified atom stereocenters. The number of morpholine rings is 1. The van der Waals surface area contributed by atoms with Crippen LogP contribution in [0.5, 0.6) is 0 Å². The van der Waals surface area contributed by atoms with Gasteiger partial charge >= 0.3 is 0 Å². The molecule has 2 heterocycles. The lowest BCUT2D eigenvalue weighted by Crippen LogP contribution is -2.47. The van der Waals surface area contributed by atoms with Gasteiger partial charge in [0.25, 0.3) is 5.91 Å². The molecule has 20 heavy (non-hydrogen) atoms. The van der Waals surface area contributed by atoms with Gasteiger partial charge in [-0.3, -0.25) is 4.79 Å². The lowest BCUT2D eigenvalue weighted by Gasteiger charge is -2.33. The highest BCUT2D eigenvalue weighted by Gasteiger charge is 2.26. The van der Waals surface area contributed by atoms with E-state index in [0.717, 1.165) is 5.69 Å². The van der Waals surface area contributed by atoms with E-state index in [9.17, 15) is 4.79 Å². The summed E-state index contributed by atoms with van der Waals surface area (Å²) in [5.41, 5.74) is 7.16. The van der Waals surface area contributed by atoms with Crippen LogP contribution in [0.1, 0.15) is 43.7 Å². The Morgan fingerprint density at radius 1 is 1.45 bits per heavy atom. The highest BCUT2D eigenvalue weighted by molar-refractivity contribution is 5.95. The van der Waals surface area contributed by atoms with Crippen LogP contribution in [0.3, 0.4) is 0 Å². The van der Waals surface area contributed by atoms with Crippen LogP contribution in [0.25, 0.3) is 0 Å². The smallest absolute Gasteiger partial charge is 0.254 e. The third-order valence-electron chi connectivity index (χ3n) is 3.49. The predicted octanol–water partition coefficient (Wildman–Crippen LogP) is 1.82. The number of anilines is 1. The number of pyridine rings is 1. The summed E-state index contributed by atoms with van der Waals surface area (Å²) in [5, 5.41) is 0. The minimum Gasteiger partial charge on any atom is -0.384 e. The molecule has 1 aromatic rings. The van der Waals surface area contributed by atoms with E-state index in [1.165, 1.54) is 0 Å². The molecule has 1 amide bonds. The number of hydrogen-bond donors (Lipinski definition) is 1. The first-order valence-corrected chi connectivity index (χ1v) is 6.96. The number of nitrogen functional groups attached to an aromatic ring is 1. The van der Waals surface area contributed by atoms with Crippen molar-refractivity contribution >= 4 is 11.7 Å². The molecule has 0 bridgehead atoms. The molecule has 0 saturated carbocycles. The number of aromatic nitrogens is 1. The summed E-state index contributed by atoms with van der Waals surface area (Å²) in [4.78, 5) is 18.8. The molecule has 1 aliphatic rings. The van der Waals surface area contributed by atoms with Gasteiger partial charge in [-0.05, 0) is 19.1 Å². The molecule has 0 spiro atoms. The van der Waals surface area contributed by atoms with Crippen molar-refractivity contribution in [3.05, 3.63) is 23.4 Å². The van der Waals surface area contributed by atoms with Crippen molar-refractivity contribution < 1.29 is 9.53 Å². The first kappa shape index (κ1) is 14.8. The van der Waals surface area contributed by atoms with E-state index in [4.69, 9.17) is 10.5 Å². The van der Waals surface area contributed by atoms with Crippen molar-refractivity contribution in [2.24, 2.45) is 0 Å². The van der Waals surface area contributed by atoms with Gasteiger partial charge in [-0.1, -0.05) is 20.8 Å². The summed E-state index contributed by atoms with van der Waals surface area (Å²) in [6, 6.07) is 3.59. The second kappa shape index (κ2) is 5.40. The molecule has 1 fully saturated rings. The van der Waals surface area contributed by atoms with Crippen molar-refractivity contribution in [1.82, 2.24) is 9.88 Å². The summed E-state index contributed by atoms with van der Waals surface area (Å²) in [6.07, 6.45) is 0. The van der Waals surface area contributed by atoms with E-state index < -0.39 is 0 Å². The largest absolute Gasteiger partial charge is 0.384 e. The zero-order valence-electron chi connectivity index (χ0n) is 12.6. The molecule has 0 radical (unpaired) electrons. The third kappa shape index (κ3) is 3.10. The number of ether oxygens (including phenoxy) is 1. The van der Waals surface area contributed by atoms with Gasteiger partial charge in [-0.25, -0.2) is 4.98 Å². The van der Waals surface area contributed by atoms with E-state index in [0.29, 0.717) is 31.1 Å². The number of nitrogens with two attached hydrogens (primary N) is 1. The van der Waals surface area contributed by atoms with E-state index in [1.54, 1.807) is 6.07 Å². The minimum atomic E-state index is -0.138. The number of nitrogens with zero attached hydrogens (tertiary/aromatic N) is 2. The van der Waals surface area contributed by atoms with E-state index >= 15 is 0 Å². The summed E-state index contributed by atoms with van der Waals surface area (Å²) in [6.45, 7) is 9.95. The molecule has 1 aliphatic heterocycles. The molecule has 0 aliphatic carbocycles. The molecule has 1 aromatic heterocycles. The summed E-state index contributed by atoms with van der Waals surface area (Å²) >= 11 is 0. The lowest BCUT2D eigenvalue weighted by molar-refractivity contribution is 0.00358.